The number of hydrogen-bond donors (Lipinski definition) is 2. The van der Waals surface area contributed by atoms with Crippen LogP contribution in [0.15, 0.2) is 72.8 Å². The number of carbonyl (C=O) groups is 2. The van der Waals surface area contributed by atoms with Gasteiger partial charge in [-0.1, -0.05) is 55.5 Å². The van der Waals surface area contributed by atoms with Gasteiger partial charge >= 0.3 is 5.97 Å². The van der Waals surface area contributed by atoms with E-state index in [2.05, 4.69) is 48.4 Å². The van der Waals surface area contributed by atoms with Gasteiger partial charge in [-0.3, -0.25) is 9.69 Å². The molecule has 1 heterocycles. The highest BCUT2D eigenvalue weighted by atomic mass is 16.5. The van der Waals surface area contributed by atoms with E-state index in [-0.39, 0.29) is 5.91 Å². The normalized spacial score (nSPS) is 14.0. The smallest absolute Gasteiger partial charge is 0.338 e. The summed E-state index contributed by atoms with van der Waals surface area (Å²) in [6, 6.07) is 23.8. The zero-order valence-electron chi connectivity index (χ0n) is 21.3. The minimum absolute atomic E-state index is 0.218. The molecule has 1 amide bonds. The first-order chi connectivity index (χ1) is 17.4. The summed E-state index contributed by atoms with van der Waals surface area (Å²) in [4.78, 5) is 27.8. The number of amides is 1. The third-order valence-corrected chi connectivity index (χ3v) is 6.33. The van der Waals surface area contributed by atoms with E-state index in [1.165, 1.54) is 5.56 Å². The van der Waals surface area contributed by atoms with Gasteiger partial charge in [0.25, 0.3) is 5.91 Å². The lowest BCUT2D eigenvalue weighted by molar-refractivity contribution is -0.110. The van der Waals surface area contributed by atoms with Crippen molar-refractivity contribution in [1.29, 1.82) is 0 Å². The summed E-state index contributed by atoms with van der Waals surface area (Å²) >= 11 is 0. The van der Waals surface area contributed by atoms with Crippen LogP contribution >= 0.6 is 0 Å². The van der Waals surface area contributed by atoms with Crippen molar-refractivity contribution in [3.63, 3.8) is 0 Å². The minimum Gasteiger partial charge on any atom is -0.462 e. The molecule has 6 heteroatoms. The number of nitrogens with one attached hydrogen (secondary N) is 2. The number of fused-ring (bicyclic) bond motifs is 1. The lowest BCUT2D eigenvalue weighted by Crippen LogP contribution is -2.29. The molecule has 4 rings (SSSR count). The summed E-state index contributed by atoms with van der Waals surface area (Å²) in [6.07, 6.45) is 0. The van der Waals surface area contributed by atoms with E-state index < -0.39 is 5.97 Å². The summed E-state index contributed by atoms with van der Waals surface area (Å²) in [7, 11) is 0. The zero-order valence-corrected chi connectivity index (χ0v) is 21.3. The average Bonchev–Trinajstić information content (AvgIpc) is 3.21. The molecular weight excluding hydrogens is 450 g/mol. The molecule has 0 atom stereocenters. The highest BCUT2D eigenvalue weighted by Crippen LogP contribution is 2.38. The van der Waals surface area contributed by atoms with E-state index in [4.69, 9.17) is 4.74 Å². The topological polar surface area (TPSA) is 70.7 Å². The fourth-order valence-corrected chi connectivity index (χ4v) is 4.38. The third kappa shape index (κ3) is 5.50. The molecule has 186 valence electrons. The molecule has 0 saturated heterocycles. The summed E-state index contributed by atoms with van der Waals surface area (Å²) < 4.78 is 5.11. The quantitative estimate of drug-likeness (QED) is 0.287. The molecule has 0 fully saturated rings. The van der Waals surface area contributed by atoms with Gasteiger partial charge in [-0.25, -0.2) is 4.79 Å². The summed E-state index contributed by atoms with van der Waals surface area (Å²) in [6.45, 7) is 10.5. The molecule has 0 radical (unpaired) electrons. The number of esters is 1. The van der Waals surface area contributed by atoms with Gasteiger partial charge in [0.05, 0.1) is 29.1 Å². The van der Waals surface area contributed by atoms with Crippen LogP contribution < -0.4 is 10.6 Å². The van der Waals surface area contributed by atoms with Crippen LogP contribution in [0.3, 0.4) is 0 Å². The van der Waals surface area contributed by atoms with Gasteiger partial charge in [-0.15, -0.1) is 0 Å². The zero-order chi connectivity index (χ0) is 25.7. The van der Waals surface area contributed by atoms with Crippen LogP contribution in [0, 0.1) is 0 Å². The number of benzene rings is 3. The highest BCUT2D eigenvalue weighted by Gasteiger charge is 2.29. The second-order valence-corrected chi connectivity index (χ2v) is 9.03. The van der Waals surface area contributed by atoms with Crippen LogP contribution in [0.1, 0.15) is 54.7 Å². The van der Waals surface area contributed by atoms with Crippen LogP contribution in [0.2, 0.25) is 0 Å². The van der Waals surface area contributed by atoms with Crippen molar-refractivity contribution >= 4 is 34.5 Å². The monoisotopic (exact) mass is 483 g/mol. The van der Waals surface area contributed by atoms with Crippen molar-refractivity contribution < 1.29 is 14.3 Å². The van der Waals surface area contributed by atoms with Crippen molar-refractivity contribution in [3.05, 3.63) is 95.1 Å². The Kier molecular flexibility index (Phi) is 7.86. The Bertz CT molecular complexity index is 1260. The van der Waals surface area contributed by atoms with Gasteiger partial charge in [-0.2, -0.15) is 0 Å². The Labute approximate surface area is 213 Å². The molecule has 0 bridgehead atoms. The van der Waals surface area contributed by atoms with Crippen molar-refractivity contribution in [1.82, 2.24) is 4.90 Å². The first-order valence-electron chi connectivity index (χ1n) is 12.4. The Hall–Kier alpha value is -3.90. The summed E-state index contributed by atoms with van der Waals surface area (Å²) in [5.74, 6) is -0.628. The van der Waals surface area contributed by atoms with Crippen molar-refractivity contribution in [2.75, 3.05) is 23.8 Å². The SMILES string of the molecule is CCOC(=O)c1ccc2c(c1)NC(=O)C2=C(Nc1ccc(CN(CC)C(C)C)cc1)c1ccccc1. The minimum atomic E-state index is -0.410. The Morgan fingerprint density at radius 2 is 1.69 bits per heavy atom. The molecule has 0 aliphatic carbocycles. The van der Waals surface area contributed by atoms with Crippen LogP contribution in [0.25, 0.3) is 11.3 Å². The number of hydrogen-bond acceptors (Lipinski definition) is 5. The Morgan fingerprint density at radius 1 is 0.972 bits per heavy atom. The Balaban J connectivity index is 1.70. The lowest BCUT2D eigenvalue weighted by atomic mass is 9.99. The van der Waals surface area contributed by atoms with E-state index in [9.17, 15) is 9.59 Å². The summed E-state index contributed by atoms with van der Waals surface area (Å²) in [5.41, 5.74) is 6.01. The molecule has 3 aromatic rings. The van der Waals surface area contributed by atoms with Gasteiger partial charge in [0.15, 0.2) is 0 Å². The van der Waals surface area contributed by atoms with Crippen molar-refractivity contribution in [2.45, 2.75) is 40.3 Å². The first kappa shape index (κ1) is 25.2. The van der Waals surface area contributed by atoms with Gasteiger partial charge < -0.3 is 15.4 Å². The van der Waals surface area contributed by atoms with Crippen molar-refractivity contribution in [2.24, 2.45) is 0 Å². The van der Waals surface area contributed by atoms with Crippen LogP contribution in [-0.4, -0.2) is 36.0 Å². The fraction of sp³-hybridized carbons (Fsp3) is 0.267. The molecule has 3 aromatic carbocycles. The van der Waals surface area contributed by atoms with E-state index >= 15 is 0 Å². The second-order valence-electron chi connectivity index (χ2n) is 9.03. The molecule has 0 saturated carbocycles. The van der Waals surface area contributed by atoms with Crippen LogP contribution in [0.5, 0.6) is 0 Å². The van der Waals surface area contributed by atoms with Gasteiger partial charge in [0, 0.05) is 23.8 Å². The largest absolute Gasteiger partial charge is 0.462 e. The van der Waals surface area contributed by atoms with Crippen LogP contribution in [-0.2, 0) is 16.1 Å². The molecule has 6 nitrogen and oxygen atoms in total. The standard InChI is InChI=1S/C30H33N3O3/c1-5-33(20(3)4)19-21-12-15-24(16-13-21)31-28(22-10-8-7-9-11-22)27-25-17-14-23(30(35)36-6-2)18-26(25)32-29(27)34/h7-18,20,31H,5-6,19H2,1-4H3,(H,32,34). The van der Waals surface area contributed by atoms with Crippen LogP contribution in [0.4, 0.5) is 11.4 Å². The van der Waals surface area contributed by atoms with E-state index in [0.29, 0.717) is 35.2 Å². The Morgan fingerprint density at radius 3 is 2.33 bits per heavy atom. The first-order valence-corrected chi connectivity index (χ1v) is 12.4. The lowest BCUT2D eigenvalue weighted by Gasteiger charge is -2.24. The molecule has 0 unspecified atom stereocenters. The number of nitrogens with zero attached hydrogens (tertiary/aromatic N) is 1. The molecular formula is C30H33N3O3. The fourth-order valence-electron chi connectivity index (χ4n) is 4.38. The van der Waals surface area contributed by atoms with E-state index in [1.807, 2.05) is 42.5 Å². The number of ether oxygens (including phenoxy) is 1. The molecule has 1 aliphatic heterocycles. The molecule has 1 aliphatic rings. The maximum absolute atomic E-state index is 13.2. The molecule has 0 spiro atoms. The second kappa shape index (κ2) is 11.2. The summed E-state index contributed by atoms with van der Waals surface area (Å²) in [5, 5.41) is 6.42. The average molecular weight is 484 g/mol. The van der Waals surface area contributed by atoms with Crippen molar-refractivity contribution in [3.8, 4) is 0 Å². The van der Waals surface area contributed by atoms with E-state index in [0.717, 1.165) is 29.9 Å². The number of rotatable bonds is 9. The van der Waals surface area contributed by atoms with Gasteiger partial charge in [0.1, 0.15) is 0 Å². The van der Waals surface area contributed by atoms with Gasteiger partial charge in [-0.05, 0) is 62.7 Å². The number of anilines is 2. The predicted molar refractivity (Wildman–Crippen MR) is 146 cm³/mol. The molecule has 0 aromatic heterocycles. The maximum Gasteiger partial charge on any atom is 0.338 e. The molecule has 2 N–H and O–H groups in total. The highest BCUT2D eigenvalue weighted by molar-refractivity contribution is 6.37. The molecule has 36 heavy (non-hydrogen) atoms. The third-order valence-electron chi connectivity index (χ3n) is 6.33. The van der Waals surface area contributed by atoms with Gasteiger partial charge in [0.2, 0.25) is 0 Å². The maximum atomic E-state index is 13.2. The van der Waals surface area contributed by atoms with E-state index in [1.54, 1.807) is 25.1 Å². The number of carbonyl (C=O) groups excluding carboxylic acids is 2. The predicted octanol–water partition coefficient (Wildman–Crippen LogP) is 6.03.